The summed E-state index contributed by atoms with van der Waals surface area (Å²) in [5.41, 5.74) is 0. The van der Waals surface area contributed by atoms with Crippen LogP contribution in [0, 0.1) is 0 Å². The molecule has 1 heterocycles. The van der Waals surface area contributed by atoms with Crippen molar-refractivity contribution in [2.45, 2.75) is 37.5 Å². The van der Waals surface area contributed by atoms with Gasteiger partial charge in [-0.05, 0) is 12.8 Å². The van der Waals surface area contributed by atoms with E-state index >= 15 is 0 Å². The minimum Gasteiger partial charge on any atom is -0.249 e. The van der Waals surface area contributed by atoms with Gasteiger partial charge in [0.15, 0.2) is 0 Å². The molecule has 0 aliphatic heterocycles. The molecular weight excluding hydrogens is 192 g/mol. The zero-order valence-corrected chi connectivity index (χ0v) is 7.99. The van der Waals surface area contributed by atoms with Crippen molar-refractivity contribution in [2.75, 3.05) is 0 Å². The summed E-state index contributed by atoms with van der Waals surface area (Å²) < 4.78 is 26.0. The highest BCUT2D eigenvalue weighted by Crippen LogP contribution is 2.41. The molecule has 0 radical (unpaired) electrons. The molecule has 1 unspecified atom stereocenters. The standard InChI is InChI=1S/C9H11F2NS/c10-9(11)3-1-2-7(6-9)8-12-4-5-13-8/h4-5,7H,1-3,6H2. The molecule has 0 aromatic carbocycles. The van der Waals surface area contributed by atoms with Crippen molar-refractivity contribution in [3.05, 3.63) is 16.6 Å². The van der Waals surface area contributed by atoms with E-state index < -0.39 is 5.92 Å². The number of halogens is 2. The van der Waals surface area contributed by atoms with Gasteiger partial charge in [-0.1, -0.05) is 0 Å². The fraction of sp³-hybridized carbons (Fsp3) is 0.667. The van der Waals surface area contributed by atoms with Crippen LogP contribution in [-0.4, -0.2) is 10.9 Å². The average Bonchev–Trinajstić information content (AvgIpc) is 2.53. The third-order valence-electron chi connectivity index (χ3n) is 2.44. The Bertz CT molecular complexity index is 271. The van der Waals surface area contributed by atoms with Crippen LogP contribution in [0.1, 0.15) is 36.6 Å². The fourth-order valence-corrected chi connectivity index (χ4v) is 2.60. The zero-order valence-electron chi connectivity index (χ0n) is 7.17. The molecule has 1 saturated carbocycles. The van der Waals surface area contributed by atoms with Crippen molar-refractivity contribution < 1.29 is 8.78 Å². The Morgan fingerprint density at radius 1 is 1.54 bits per heavy atom. The van der Waals surface area contributed by atoms with Crippen LogP contribution in [0.2, 0.25) is 0 Å². The van der Waals surface area contributed by atoms with E-state index in [1.165, 1.54) is 11.3 Å². The molecule has 0 amide bonds. The third kappa shape index (κ3) is 2.05. The molecule has 72 valence electrons. The van der Waals surface area contributed by atoms with E-state index in [4.69, 9.17) is 0 Å². The lowest BCUT2D eigenvalue weighted by molar-refractivity contribution is -0.0408. The molecule has 0 saturated heterocycles. The average molecular weight is 203 g/mol. The monoisotopic (exact) mass is 203 g/mol. The molecule has 2 rings (SSSR count). The van der Waals surface area contributed by atoms with Crippen molar-refractivity contribution in [3.8, 4) is 0 Å². The molecule has 0 bridgehead atoms. The van der Waals surface area contributed by atoms with E-state index in [1.54, 1.807) is 6.20 Å². The molecule has 1 nitrogen and oxygen atoms in total. The summed E-state index contributed by atoms with van der Waals surface area (Å²) in [7, 11) is 0. The highest BCUT2D eigenvalue weighted by Gasteiger charge is 2.37. The van der Waals surface area contributed by atoms with E-state index in [0.29, 0.717) is 6.42 Å². The fourth-order valence-electron chi connectivity index (χ4n) is 1.82. The third-order valence-corrected chi connectivity index (χ3v) is 3.38. The molecule has 1 aromatic rings. The number of hydrogen-bond acceptors (Lipinski definition) is 2. The SMILES string of the molecule is FC1(F)CCCC(c2nccs2)C1. The molecule has 1 fully saturated rings. The van der Waals surface area contributed by atoms with Crippen LogP contribution in [0.4, 0.5) is 8.78 Å². The minimum absolute atomic E-state index is 0.0104. The lowest BCUT2D eigenvalue weighted by Gasteiger charge is -2.27. The van der Waals surface area contributed by atoms with Gasteiger partial charge in [0.25, 0.3) is 0 Å². The predicted octanol–water partition coefficient (Wildman–Crippen LogP) is 3.44. The predicted molar refractivity (Wildman–Crippen MR) is 48.3 cm³/mol. The van der Waals surface area contributed by atoms with Crippen molar-refractivity contribution in [1.82, 2.24) is 4.98 Å². The summed E-state index contributed by atoms with van der Waals surface area (Å²) in [4.78, 5) is 4.09. The lowest BCUT2D eigenvalue weighted by Crippen LogP contribution is -2.24. The smallest absolute Gasteiger partial charge is 0.248 e. The summed E-state index contributed by atoms with van der Waals surface area (Å²) in [5.74, 6) is -2.47. The van der Waals surface area contributed by atoms with E-state index in [1.807, 2.05) is 5.38 Å². The molecule has 1 aliphatic rings. The van der Waals surface area contributed by atoms with Gasteiger partial charge in [-0.2, -0.15) is 0 Å². The number of alkyl halides is 2. The van der Waals surface area contributed by atoms with Crippen LogP contribution >= 0.6 is 11.3 Å². The van der Waals surface area contributed by atoms with E-state index in [-0.39, 0.29) is 18.8 Å². The highest BCUT2D eigenvalue weighted by atomic mass is 32.1. The first-order valence-electron chi connectivity index (χ1n) is 4.45. The molecule has 1 atom stereocenters. The number of rotatable bonds is 1. The maximum Gasteiger partial charge on any atom is 0.248 e. The molecule has 13 heavy (non-hydrogen) atoms. The van der Waals surface area contributed by atoms with Gasteiger partial charge >= 0.3 is 0 Å². The maximum atomic E-state index is 13.0. The van der Waals surface area contributed by atoms with Gasteiger partial charge in [0.2, 0.25) is 5.92 Å². The second-order valence-corrected chi connectivity index (χ2v) is 4.45. The molecule has 0 spiro atoms. The molecule has 1 aromatic heterocycles. The van der Waals surface area contributed by atoms with Crippen LogP contribution in [0.3, 0.4) is 0 Å². The maximum absolute atomic E-state index is 13.0. The number of hydrogen-bond donors (Lipinski definition) is 0. The second kappa shape index (κ2) is 3.33. The number of nitrogens with zero attached hydrogens (tertiary/aromatic N) is 1. The van der Waals surface area contributed by atoms with Gasteiger partial charge in [-0.15, -0.1) is 11.3 Å². The Balaban J connectivity index is 2.09. The van der Waals surface area contributed by atoms with Gasteiger partial charge in [0.05, 0.1) is 5.01 Å². The van der Waals surface area contributed by atoms with Gasteiger partial charge in [0.1, 0.15) is 0 Å². The van der Waals surface area contributed by atoms with E-state index in [9.17, 15) is 8.78 Å². The normalized spacial score (nSPS) is 27.4. The summed E-state index contributed by atoms with van der Waals surface area (Å²) in [6.07, 6.45) is 3.21. The number of thiazole rings is 1. The molecule has 4 heteroatoms. The first-order valence-corrected chi connectivity index (χ1v) is 5.32. The van der Waals surface area contributed by atoms with Gasteiger partial charge in [-0.3, -0.25) is 0 Å². The summed E-state index contributed by atoms with van der Waals surface area (Å²) in [6, 6.07) is 0. The van der Waals surface area contributed by atoms with Crippen molar-refractivity contribution in [1.29, 1.82) is 0 Å². The van der Waals surface area contributed by atoms with Crippen molar-refractivity contribution in [2.24, 2.45) is 0 Å². The van der Waals surface area contributed by atoms with Crippen molar-refractivity contribution in [3.63, 3.8) is 0 Å². The largest absolute Gasteiger partial charge is 0.249 e. The summed E-state index contributed by atoms with van der Waals surface area (Å²) in [5, 5.41) is 2.72. The van der Waals surface area contributed by atoms with Crippen LogP contribution in [0.25, 0.3) is 0 Å². The van der Waals surface area contributed by atoms with Crippen LogP contribution < -0.4 is 0 Å². The zero-order chi connectivity index (χ0) is 9.31. The quantitative estimate of drug-likeness (QED) is 0.681. The van der Waals surface area contributed by atoms with Crippen molar-refractivity contribution >= 4 is 11.3 Å². The Labute approximate surface area is 79.8 Å². The van der Waals surface area contributed by atoms with Gasteiger partial charge in [0, 0.05) is 30.3 Å². The lowest BCUT2D eigenvalue weighted by atomic mass is 9.87. The van der Waals surface area contributed by atoms with E-state index in [0.717, 1.165) is 11.4 Å². The first kappa shape index (κ1) is 9.06. The minimum atomic E-state index is -2.46. The van der Waals surface area contributed by atoms with Crippen LogP contribution in [0.5, 0.6) is 0 Å². The van der Waals surface area contributed by atoms with Crippen LogP contribution in [0.15, 0.2) is 11.6 Å². The topological polar surface area (TPSA) is 12.9 Å². The first-order chi connectivity index (χ1) is 6.17. The Kier molecular flexibility index (Phi) is 2.32. The molecule has 0 N–H and O–H groups in total. The molecule has 1 aliphatic carbocycles. The summed E-state index contributed by atoms with van der Waals surface area (Å²) in [6.45, 7) is 0. The van der Waals surface area contributed by atoms with Gasteiger partial charge < -0.3 is 0 Å². The Morgan fingerprint density at radius 3 is 3.00 bits per heavy atom. The summed E-state index contributed by atoms with van der Waals surface area (Å²) >= 11 is 1.49. The van der Waals surface area contributed by atoms with Crippen LogP contribution in [-0.2, 0) is 0 Å². The molecular formula is C9H11F2NS. The number of aromatic nitrogens is 1. The Hall–Kier alpha value is -0.510. The highest BCUT2D eigenvalue weighted by molar-refractivity contribution is 7.09. The van der Waals surface area contributed by atoms with Gasteiger partial charge in [-0.25, -0.2) is 13.8 Å². The second-order valence-electron chi connectivity index (χ2n) is 3.52. The van der Waals surface area contributed by atoms with E-state index in [2.05, 4.69) is 4.98 Å². The Morgan fingerprint density at radius 2 is 2.38 bits per heavy atom.